The smallest absolute Gasteiger partial charge is 0.137 e. The molecule has 4 nitrogen and oxygen atoms in total. The van der Waals surface area contributed by atoms with Crippen LogP contribution >= 0.6 is 11.3 Å². The topological polar surface area (TPSA) is 42.7 Å². The van der Waals surface area contributed by atoms with E-state index in [4.69, 9.17) is 13.3 Å². The van der Waals surface area contributed by atoms with Gasteiger partial charge in [0.25, 0.3) is 0 Å². The number of thiophene rings is 1. The number of para-hydroxylation sites is 3. The van der Waals surface area contributed by atoms with Gasteiger partial charge in [-0.15, -0.1) is 11.3 Å². The van der Waals surface area contributed by atoms with Gasteiger partial charge >= 0.3 is 0 Å². The summed E-state index contributed by atoms with van der Waals surface area (Å²) in [7, 11) is 0. The highest BCUT2D eigenvalue weighted by Gasteiger charge is 2.21. The van der Waals surface area contributed by atoms with Gasteiger partial charge in [0.1, 0.15) is 33.5 Å². The number of nitrogens with zero attached hydrogens (tertiary/aromatic N) is 1. The first-order valence-electron chi connectivity index (χ1n) is 19.8. The second-order valence-corrected chi connectivity index (χ2v) is 16.2. The maximum atomic E-state index is 6.40. The molecule has 0 aliphatic heterocycles. The zero-order valence-electron chi connectivity index (χ0n) is 31.5. The molecule has 0 N–H and O–H groups in total. The molecule has 0 aliphatic rings. The SMILES string of the molecule is c1ccc2c(c1)oc1cc(-c3ccc(N(c4ccc(-c5cccc6c5sc5c6ccc6oc7ccccc7c65)cc4)c4cccc5oc6ccccc6c45)cc3)ccc12. The molecule has 0 saturated heterocycles. The normalized spacial score (nSPS) is 12.1. The summed E-state index contributed by atoms with van der Waals surface area (Å²) in [5.41, 5.74) is 13.2. The predicted molar refractivity (Wildman–Crippen MR) is 247 cm³/mol. The van der Waals surface area contributed by atoms with Gasteiger partial charge in [-0.2, -0.15) is 0 Å². The molecular formula is C54H31NO3S. The van der Waals surface area contributed by atoms with Crippen LogP contribution in [0.25, 0.3) is 108 Å². The summed E-state index contributed by atoms with van der Waals surface area (Å²) < 4.78 is 21.5. The number of anilines is 3. The maximum Gasteiger partial charge on any atom is 0.137 e. The van der Waals surface area contributed by atoms with E-state index in [1.807, 2.05) is 41.7 Å². The van der Waals surface area contributed by atoms with Gasteiger partial charge in [-0.25, -0.2) is 0 Å². The van der Waals surface area contributed by atoms with Crippen LogP contribution in [0.3, 0.4) is 0 Å². The van der Waals surface area contributed by atoms with Crippen molar-refractivity contribution in [2.75, 3.05) is 4.90 Å². The van der Waals surface area contributed by atoms with Crippen molar-refractivity contribution in [2.24, 2.45) is 0 Å². The molecule has 0 saturated carbocycles. The van der Waals surface area contributed by atoms with Crippen molar-refractivity contribution in [3.63, 3.8) is 0 Å². The number of rotatable bonds is 5. The van der Waals surface area contributed by atoms with E-state index in [2.05, 4.69) is 163 Å². The average Bonchev–Trinajstić information content (AvgIpc) is 4.06. The van der Waals surface area contributed by atoms with E-state index in [0.717, 1.165) is 88.6 Å². The van der Waals surface area contributed by atoms with Crippen LogP contribution in [0.15, 0.2) is 201 Å². The minimum Gasteiger partial charge on any atom is -0.456 e. The quantitative estimate of drug-likeness (QED) is 0.175. The standard InChI is InChI=1S/C54H31NO3S/c1-4-15-45-38(9-1)39-28-23-34(31-50(39)58-45)32-19-24-35(25-20-32)55(44-14-8-18-48-51(44)42-10-2-5-16-46(42)56-48)36-26-21-33(22-27-36)37-12-7-13-40-41-29-30-49-52(54(41)59-53(37)40)43-11-3-6-17-47(43)57-49/h1-31H. The Morgan fingerprint density at radius 1 is 0.322 bits per heavy atom. The van der Waals surface area contributed by atoms with Crippen LogP contribution in [-0.2, 0) is 0 Å². The molecular weight excluding hydrogens is 743 g/mol. The van der Waals surface area contributed by atoms with E-state index in [0.29, 0.717) is 0 Å². The van der Waals surface area contributed by atoms with Crippen LogP contribution in [0.2, 0.25) is 0 Å². The van der Waals surface area contributed by atoms with Gasteiger partial charge in [0.05, 0.1) is 11.1 Å². The van der Waals surface area contributed by atoms with Crippen LogP contribution < -0.4 is 4.90 Å². The summed E-state index contributed by atoms with van der Waals surface area (Å²) in [6.07, 6.45) is 0. The van der Waals surface area contributed by atoms with Gasteiger partial charge in [-0.3, -0.25) is 0 Å². The molecule has 0 amide bonds. The molecule has 0 aliphatic carbocycles. The van der Waals surface area contributed by atoms with Crippen molar-refractivity contribution in [1.82, 2.24) is 0 Å². The van der Waals surface area contributed by atoms with E-state index < -0.39 is 0 Å². The predicted octanol–water partition coefficient (Wildman–Crippen LogP) is 16.6. The largest absolute Gasteiger partial charge is 0.456 e. The third-order valence-corrected chi connectivity index (χ3v) is 13.2. The first-order valence-corrected chi connectivity index (χ1v) is 20.6. The van der Waals surface area contributed by atoms with Crippen molar-refractivity contribution >= 4 is 114 Å². The highest BCUT2D eigenvalue weighted by molar-refractivity contribution is 7.27. The molecule has 0 radical (unpaired) electrons. The number of hydrogen-bond acceptors (Lipinski definition) is 5. The van der Waals surface area contributed by atoms with Crippen molar-refractivity contribution in [2.45, 2.75) is 0 Å². The molecule has 4 aromatic heterocycles. The molecule has 59 heavy (non-hydrogen) atoms. The van der Waals surface area contributed by atoms with Crippen LogP contribution in [-0.4, -0.2) is 0 Å². The van der Waals surface area contributed by atoms with Crippen molar-refractivity contribution in [3.05, 3.63) is 188 Å². The lowest BCUT2D eigenvalue weighted by Gasteiger charge is -2.26. The minimum absolute atomic E-state index is 0.858. The lowest BCUT2D eigenvalue weighted by atomic mass is 10.0. The van der Waals surface area contributed by atoms with Gasteiger partial charge in [-0.05, 0) is 101 Å². The van der Waals surface area contributed by atoms with E-state index in [1.54, 1.807) is 0 Å². The Labute approximate surface area is 341 Å². The first kappa shape index (κ1) is 32.5. The summed E-state index contributed by atoms with van der Waals surface area (Å²) in [6.45, 7) is 0. The van der Waals surface area contributed by atoms with Crippen molar-refractivity contribution in [3.8, 4) is 22.3 Å². The molecule has 9 aromatic carbocycles. The summed E-state index contributed by atoms with van der Waals surface area (Å²) in [6, 6.07) is 66.5. The van der Waals surface area contributed by atoms with E-state index in [1.165, 1.54) is 36.7 Å². The summed E-state index contributed by atoms with van der Waals surface area (Å²) in [5.74, 6) is 0. The lowest BCUT2D eigenvalue weighted by molar-refractivity contribution is 0.668. The maximum absolute atomic E-state index is 6.40. The minimum atomic E-state index is 0.858. The highest BCUT2D eigenvalue weighted by Crippen LogP contribution is 2.47. The molecule has 0 bridgehead atoms. The first-order chi connectivity index (χ1) is 29.2. The Morgan fingerprint density at radius 2 is 0.831 bits per heavy atom. The van der Waals surface area contributed by atoms with Gasteiger partial charge in [0.15, 0.2) is 0 Å². The fourth-order valence-corrected chi connectivity index (χ4v) is 10.5. The van der Waals surface area contributed by atoms with E-state index >= 15 is 0 Å². The zero-order valence-corrected chi connectivity index (χ0v) is 32.3. The Hall–Kier alpha value is -7.60. The monoisotopic (exact) mass is 773 g/mol. The molecule has 13 aromatic rings. The molecule has 5 heteroatoms. The van der Waals surface area contributed by atoms with Gasteiger partial charge in [-0.1, -0.05) is 109 Å². The van der Waals surface area contributed by atoms with Crippen LogP contribution in [0.4, 0.5) is 17.1 Å². The molecule has 0 spiro atoms. The summed E-state index contributed by atoms with van der Waals surface area (Å²) in [4.78, 5) is 2.35. The summed E-state index contributed by atoms with van der Waals surface area (Å²) in [5, 5.41) is 9.31. The molecule has 0 unspecified atom stereocenters. The van der Waals surface area contributed by atoms with Crippen molar-refractivity contribution in [1.29, 1.82) is 0 Å². The molecule has 0 fully saturated rings. The highest BCUT2D eigenvalue weighted by atomic mass is 32.1. The zero-order chi connectivity index (χ0) is 38.6. The fourth-order valence-electron chi connectivity index (χ4n) is 9.16. The van der Waals surface area contributed by atoms with Gasteiger partial charge in [0, 0.05) is 58.5 Å². The second kappa shape index (κ2) is 12.4. The van der Waals surface area contributed by atoms with Crippen LogP contribution in [0.1, 0.15) is 0 Å². The third kappa shape index (κ3) is 4.89. The Kier molecular flexibility index (Phi) is 6.85. The van der Waals surface area contributed by atoms with Crippen LogP contribution in [0.5, 0.6) is 0 Å². The Balaban J connectivity index is 0.943. The number of fused-ring (bicyclic) bond motifs is 13. The average molecular weight is 774 g/mol. The number of hydrogen-bond donors (Lipinski definition) is 0. The van der Waals surface area contributed by atoms with Crippen molar-refractivity contribution < 1.29 is 13.3 Å². The van der Waals surface area contributed by atoms with Gasteiger partial charge < -0.3 is 18.2 Å². The summed E-state index contributed by atoms with van der Waals surface area (Å²) >= 11 is 1.85. The second-order valence-electron chi connectivity index (χ2n) is 15.2. The molecule has 0 atom stereocenters. The molecule has 4 heterocycles. The van der Waals surface area contributed by atoms with E-state index in [9.17, 15) is 0 Å². The Morgan fingerprint density at radius 3 is 1.58 bits per heavy atom. The fraction of sp³-hybridized carbons (Fsp3) is 0. The van der Waals surface area contributed by atoms with Crippen LogP contribution in [0, 0.1) is 0 Å². The number of furan rings is 3. The van der Waals surface area contributed by atoms with Gasteiger partial charge in [0.2, 0.25) is 0 Å². The molecule has 276 valence electrons. The van der Waals surface area contributed by atoms with E-state index in [-0.39, 0.29) is 0 Å². The molecule has 13 rings (SSSR count). The third-order valence-electron chi connectivity index (χ3n) is 11.9. The number of benzene rings is 9. The Bertz CT molecular complexity index is 3790. The lowest BCUT2D eigenvalue weighted by Crippen LogP contribution is -2.10.